The lowest BCUT2D eigenvalue weighted by atomic mass is 10.2. The van der Waals surface area contributed by atoms with Crippen molar-refractivity contribution in [3.8, 4) is 11.5 Å². The first kappa shape index (κ1) is 11.4. The van der Waals surface area contributed by atoms with Crippen molar-refractivity contribution in [1.82, 2.24) is 9.97 Å². The fourth-order valence-corrected chi connectivity index (χ4v) is 1.78. The maximum atomic E-state index is 10.9. The number of aromatic nitrogens is 2. The van der Waals surface area contributed by atoms with Crippen LogP contribution in [0, 0.1) is 6.92 Å². The fourth-order valence-electron chi connectivity index (χ4n) is 1.78. The average Bonchev–Trinajstić information content (AvgIpc) is 2.82. The molecule has 0 atom stereocenters. The molecule has 3 aromatic rings. The van der Waals surface area contributed by atoms with Gasteiger partial charge in [-0.2, -0.15) is 0 Å². The zero-order valence-electron chi connectivity index (χ0n) is 10.1. The first-order valence-electron chi connectivity index (χ1n) is 5.70. The van der Waals surface area contributed by atoms with Crippen molar-refractivity contribution < 1.29 is 14.3 Å². The molecule has 2 aromatic heterocycles. The second-order valence-electron chi connectivity index (χ2n) is 4.19. The summed E-state index contributed by atoms with van der Waals surface area (Å²) in [6.07, 6.45) is 1.68. The van der Waals surface area contributed by atoms with E-state index in [1.807, 2.05) is 19.1 Å². The minimum Gasteiger partial charge on any atom is -0.478 e. The normalized spacial score (nSPS) is 10.8. The van der Waals surface area contributed by atoms with Crippen LogP contribution in [-0.2, 0) is 0 Å². The van der Waals surface area contributed by atoms with Crippen LogP contribution in [0.2, 0.25) is 0 Å². The zero-order chi connectivity index (χ0) is 13.4. The number of hydrogen-bond acceptors (Lipinski definition) is 4. The van der Waals surface area contributed by atoms with Gasteiger partial charge in [0.2, 0.25) is 5.89 Å². The third-order valence-electron chi connectivity index (χ3n) is 2.79. The topological polar surface area (TPSA) is 76.2 Å². The standard InChI is InChI=1S/C14H10N2O3/c1-8-2-3-10(7-15-8)13-16-11-5-4-9(14(17)18)6-12(11)19-13/h2-7H,1H3,(H,17,18). The number of carbonyl (C=O) groups is 1. The molecule has 5 nitrogen and oxygen atoms in total. The van der Waals surface area contributed by atoms with Crippen molar-refractivity contribution in [3.05, 3.63) is 47.8 Å². The number of pyridine rings is 1. The lowest BCUT2D eigenvalue weighted by Crippen LogP contribution is -1.94. The summed E-state index contributed by atoms with van der Waals surface area (Å²) in [5.41, 5.74) is 2.93. The van der Waals surface area contributed by atoms with E-state index in [0.717, 1.165) is 11.3 Å². The highest BCUT2D eigenvalue weighted by Gasteiger charge is 2.11. The predicted octanol–water partition coefficient (Wildman–Crippen LogP) is 2.90. The van der Waals surface area contributed by atoms with Gasteiger partial charge in [0.15, 0.2) is 5.58 Å². The number of benzene rings is 1. The van der Waals surface area contributed by atoms with Gasteiger partial charge in [0, 0.05) is 11.9 Å². The number of aromatic carboxylic acids is 1. The molecule has 0 fully saturated rings. The molecule has 0 aliphatic heterocycles. The van der Waals surface area contributed by atoms with Crippen molar-refractivity contribution >= 4 is 17.1 Å². The monoisotopic (exact) mass is 254 g/mol. The molecule has 0 amide bonds. The Morgan fingerprint density at radius 3 is 2.79 bits per heavy atom. The Hall–Kier alpha value is -2.69. The molecule has 0 aliphatic carbocycles. The lowest BCUT2D eigenvalue weighted by Gasteiger charge is -1.94. The predicted molar refractivity (Wildman–Crippen MR) is 68.9 cm³/mol. The Morgan fingerprint density at radius 2 is 2.11 bits per heavy atom. The molecule has 1 aromatic carbocycles. The van der Waals surface area contributed by atoms with Crippen molar-refractivity contribution in [2.45, 2.75) is 6.92 Å². The Bertz CT molecular complexity index is 760. The fraction of sp³-hybridized carbons (Fsp3) is 0.0714. The summed E-state index contributed by atoms with van der Waals surface area (Å²) in [6, 6.07) is 8.34. The van der Waals surface area contributed by atoms with Crippen molar-refractivity contribution in [1.29, 1.82) is 0 Å². The Labute approximate surface area is 108 Å². The molecular weight excluding hydrogens is 244 g/mol. The van der Waals surface area contributed by atoms with E-state index < -0.39 is 5.97 Å². The second-order valence-corrected chi connectivity index (χ2v) is 4.19. The summed E-state index contributed by atoms with van der Waals surface area (Å²) in [6.45, 7) is 1.90. The first-order chi connectivity index (χ1) is 9.13. The lowest BCUT2D eigenvalue weighted by molar-refractivity contribution is 0.0697. The summed E-state index contributed by atoms with van der Waals surface area (Å²) in [5, 5.41) is 8.93. The van der Waals surface area contributed by atoms with Crippen molar-refractivity contribution in [2.75, 3.05) is 0 Å². The van der Waals surface area contributed by atoms with Gasteiger partial charge in [-0.15, -0.1) is 0 Å². The smallest absolute Gasteiger partial charge is 0.335 e. The maximum Gasteiger partial charge on any atom is 0.335 e. The maximum absolute atomic E-state index is 10.9. The van der Waals surface area contributed by atoms with Gasteiger partial charge < -0.3 is 9.52 Å². The molecule has 0 unspecified atom stereocenters. The zero-order valence-corrected chi connectivity index (χ0v) is 10.1. The number of rotatable bonds is 2. The van der Waals surface area contributed by atoms with Crippen LogP contribution in [0.1, 0.15) is 16.1 Å². The summed E-state index contributed by atoms with van der Waals surface area (Å²) in [4.78, 5) is 19.4. The van der Waals surface area contributed by atoms with Crippen molar-refractivity contribution in [2.24, 2.45) is 0 Å². The third kappa shape index (κ3) is 2.06. The molecule has 3 rings (SSSR count). The molecule has 19 heavy (non-hydrogen) atoms. The second kappa shape index (κ2) is 4.20. The summed E-state index contributed by atoms with van der Waals surface area (Å²) in [7, 11) is 0. The van der Waals surface area contributed by atoms with Crippen LogP contribution in [-0.4, -0.2) is 21.0 Å². The molecular formula is C14H10N2O3. The number of fused-ring (bicyclic) bond motifs is 1. The van der Waals surface area contributed by atoms with E-state index in [9.17, 15) is 4.79 Å². The minimum absolute atomic E-state index is 0.178. The van der Waals surface area contributed by atoms with Gasteiger partial charge >= 0.3 is 5.97 Å². The van der Waals surface area contributed by atoms with Crippen LogP contribution in [0.5, 0.6) is 0 Å². The molecule has 0 saturated heterocycles. The number of oxazole rings is 1. The summed E-state index contributed by atoms with van der Waals surface area (Å²) < 4.78 is 5.57. The van der Waals surface area contributed by atoms with E-state index in [0.29, 0.717) is 17.0 Å². The van der Waals surface area contributed by atoms with Crippen LogP contribution >= 0.6 is 0 Å². The third-order valence-corrected chi connectivity index (χ3v) is 2.79. The molecule has 0 spiro atoms. The van der Waals surface area contributed by atoms with Crippen LogP contribution < -0.4 is 0 Å². The van der Waals surface area contributed by atoms with E-state index in [4.69, 9.17) is 9.52 Å². The molecule has 0 bridgehead atoms. The van der Waals surface area contributed by atoms with Crippen molar-refractivity contribution in [3.63, 3.8) is 0 Å². The van der Waals surface area contributed by atoms with Gasteiger partial charge in [0.25, 0.3) is 0 Å². The molecule has 94 valence electrons. The average molecular weight is 254 g/mol. The van der Waals surface area contributed by atoms with E-state index >= 15 is 0 Å². The van der Waals surface area contributed by atoms with Crippen LogP contribution in [0.3, 0.4) is 0 Å². The molecule has 5 heteroatoms. The van der Waals surface area contributed by atoms with Crippen LogP contribution in [0.15, 0.2) is 40.9 Å². The largest absolute Gasteiger partial charge is 0.478 e. The van der Waals surface area contributed by atoms with Gasteiger partial charge in [-0.1, -0.05) is 0 Å². The highest BCUT2D eigenvalue weighted by molar-refractivity contribution is 5.92. The van der Waals surface area contributed by atoms with E-state index in [1.54, 1.807) is 12.3 Å². The molecule has 0 saturated carbocycles. The van der Waals surface area contributed by atoms with Crippen LogP contribution in [0.4, 0.5) is 0 Å². The van der Waals surface area contributed by atoms with Crippen LogP contribution in [0.25, 0.3) is 22.6 Å². The molecule has 0 aliphatic rings. The molecule has 0 radical (unpaired) electrons. The number of carboxylic acids is 1. The van der Waals surface area contributed by atoms with Gasteiger partial charge in [0.1, 0.15) is 5.52 Å². The van der Waals surface area contributed by atoms with Gasteiger partial charge in [0.05, 0.1) is 11.1 Å². The Morgan fingerprint density at radius 1 is 1.26 bits per heavy atom. The van der Waals surface area contributed by atoms with Gasteiger partial charge in [-0.3, -0.25) is 4.98 Å². The van der Waals surface area contributed by atoms with E-state index in [1.165, 1.54) is 12.1 Å². The SMILES string of the molecule is Cc1ccc(-c2nc3ccc(C(=O)O)cc3o2)cn1. The Balaban J connectivity index is 2.11. The molecule has 1 N–H and O–H groups in total. The van der Waals surface area contributed by atoms with E-state index in [-0.39, 0.29) is 5.56 Å². The number of aryl methyl sites for hydroxylation is 1. The summed E-state index contributed by atoms with van der Waals surface area (Å²) >= 11 is 0. The summed E-state index contributed by atoms with van der Waals surface area (Å²) in [5.74, 6) is -0.554. The quantitative estimate of drug-likeness (QED) is 0.760. The van der Waals surface area contributed by atoms with Gasteiger partial charge in [-0.05, 0) is 37.3 Å². The number of nitrogens with zero attached hydrogens (tertiary/aromatic N) is 2. The highest BCUT2D eigenvalue weighted by atomic mass is 16.4. The highest BCUT2D eigenvalue weighted by Crippen LogP contribution is 2.24. The number of carboxylic acid groups (broad SMARTS) is 1. The first-order valence-corrected chi connectivity index (χ1v) is 5.70. The Kier molecular flexibility index (Phi) is 2.52. The molecule has 2 heterocycles. The van der Waals surface area contributed by atoms with E-state index in [2.05, 4.69) is 9.97 Å². The number of hydrogen-bond donors (Lipinski definition) is 1. The minimum atomic E-state index is -0.989. The van der Waals surface area contributed by atoms with Gasteiger partial charge in [-0.25, -0.2) is 9.78 Å².